The molecular weight excluding hydrogens is 228 g/mol. The van der Waals surface area contributed by atoms with E-state index < -0.39 is 5.97 Å². The number of piperidine rings is 1. The van der Waals surface area contributed by atoms with E-state index in [9.17, 15) is 4.79 Å². The first-order valence-corrected chi connectivity index (χ1v) is 6.49. The van der Waals surface area contributed by atoms with Gasteiger partial charge in [0.25, 0.3) is 0 Å². The molecule has 0 bridgehead atoms. The molecule has 2 atom stereocenters. The molecule has 4 nitrogen and oxygen atoms in total. The molecule has 0 aliphatic carbocycles. The van der Waals surface area contributed by atoms with Gasteiger partial charge in [0.05, 0.1) is 5.56 Å². The number of carbonyl (C=O) groups is 1. The molecule has 98 valence electrons. The Kier molecular flexibility index (Phi) is 3.55. The molecule has 0 unspecified atom stereocenters. The molecule has 1 aromatic heterocycles. The van der Waals surface area contributed by atoms with Crippen LogP contribution in [-0.2, 0) is 0 Å². The largest absolute Gasteiger partial charge is 0.478 e. The summed E-state index contributed by atoms with van der Waals surface area (Å²) in [5, 5.41) is 9.12. The van der Waals surface area contributed by atoms with Crippen molar-refractivity contribution in [3.05, 3.63) is 23.4 Å². The maximum atomic E-state index is 11.1. The Bertz CT molecular complexity index is 449. The van der Waals surface area contributed by atoms with Crippen molar-refractivity contribution in [2.45, 2.75) is 52.1 Å². The Hall–Kier alpha value is -1.58. The van der Waals surface area contributed by atoms with E-state index in [1.807, 2.05) is 6.92 Å². The fourth-order valence-corrected chi connectivity index (χ4v) is 2.78. The number of aromatic nitrogens is 1. The fourth-order valence-electron chi connectivity index (χ4n) is 2.78. The average Bonchev–Trinajstić information content (AvgIpc) is 2.28. The summed E-state index contributed by atoms with van der Waals surface area (Å²) >= 11 is 0. The summed E-state index contributed by atoms with van der Waals surface area (Å²) in [6, 6.07) is 4.15. The number of carboxylic acid groups (broad SMARTS) is 1. The molecule has 2 rings (SSSR count). The van der Waals surface area contributed by atoms with Crippen LogP contribution in [-0.4, -0.2) is 28.1 Å². The Morgan fingerprint density at radius 3 is 2.50 bits per heavy atom. The molecule has 2 heterocycles. The van der Waals surface area contributed by atoms with Gasteiger partial charge < -0.3 is 10.0 Å². The van der Waals surface area contributed by atoms with E-state index in [-0.39, 0.29) is 0 Å². The van der Waals surface area contributed by atoms with E-state index in [1.54, 1.807) is 12.1 Å². The second-order valence-corrected chi connectivity index (χ2v) is 5.20. The third-order valence-electron chi connectivity index (χ3n) is 3.64. The third kappa shape index (κ3) is 2.47. The molecular formula is C14H20N2O2. The minimum Gasteiger partial charge on any atom is -0.478 e. The monoisotopic (exact) mass is 248 g/mol. The normalized spacial score (nSPS) is 24.1. The lowest BCUT2D eigenvalue weighted by molar-refractivity contribution is 0.0696. The zero-order valence-corrected chi connectivity index (χ0v) is 11.2. The summed E-state index contributed by atoms with van der Waals surface area (Å²) < 4.78 is 0. The van der Waals surface area contributed by atoms with Crippen LogP contribution in [0, 0.1) is 6.92 Å². The minimum atomic E-state index is -0.890. The lowest BCUT2D eigenvalue weighted by Crippen LogP contribution is -2.44. The summed E-state index contributed by atoms with van der Waals surface area (Å²) in [4.78, 5) is 17.9. The highest BCUT2D eigenvalue weighted by molar-refractivity contribution is 5.88. The number of aryl methyl sites for hydroxylation is 1. The molecule has 0 radical (unpaired) electrons. The van der Waals surface area contributed by atoms with Gasteiger partial charge in [-0.15, -0.1) is 0 Å². The van der Waals surface area contributed by atoms with Gasteiger partial charge in [-0.2, -0.15) is 0 Å². The minimum absolute atomic E-state index is 0.322. The van der Waals surface area contributed by atoms with Crippen LogP contribution in [0.4, 0.5) is 5.82 Å². The standard InChI is InChI=1S/C14H20N2O2/c1-9-7-12(14(17)18)8-13(15-9)16-10(2)5-4-6-11(16)3/h7-8,10-11H,4-6H2,1-3H3,(H,17,18)/t10-,11+. The van der Waals surface area contributed by atoms with Gasteiger partial charge in [0.2, 0.25) is 0 Å². The van der Waals surface area contributed by atoms with E-state index in [1.165, 1.54) is 6.42 Å². The predicted molar refractivity (Wildman–Crippen MR) is 71.2 cm³/mol. The van der Waals surface area contributed by atoms with Gasteiger partial charge >= 0.3 is 5.97 Å². The summed E-state index contributed by atoms with van der Waals surface area (Å²) in [5.41, 5.74) is 1.08. The molecule has 1 aliphatic heterocycles. The lowest BCUT2D eigenvalue weighted by atomic mass is 9.97. The Morgan fingerprint density at radius 2 is 1.94 bits per heavy atom. The average molecular weight is 248 g/mol. The second kappa shape index (κ2) is 4.96. The first kappa shape index (κ1) is 12.9. The maximum Gasteiger partial charge on any atom is 0.335 e. The van der Waals surface area contributed by atoms with E-state index in [4.69, 9.17) is 5.11 Å². The zero-order chi connectivity index (χ0) is 13.3. The Labute approximate surface area is 108 Å². The van der Waals surface area contributed by atoms with Crippen LogP contribution >= 0.6 is 0 Å². The van der Waals surface area contributed by atoms with E-state index >= 15 is 0 Å². The number of nitrogens with zero attached hydrogens (tertiary/aromatic N) is 2. The number of pyridine rings is 1. The van der Waals surface area contributed by atoms with Crippen LogP contribution in [0.1, 0.15) is 49.2 Å². The third-order valence-corrected chi connectivity index (χ3v) is 3.64. The van der Waals surface area contributed by atoms with Gasteiger partial charge in [-0.05, 0) is 52.2 Å². The molecule has 0 spiro atoms. The number of anilines is 1. The van der Waals surface area contributed by atoms with Crippen molar-refractivity contribution in [1.29, 1.82) is 0 Å². The van der Waals surface area contributed by atoms with E-state index in [0.717, 1.165) is 24.4 Å². The van der Waals surface area contributed by atoms with E-state index in [0.29, 0.717) is 17.6 Å². The van der Waals surface area contributed by atoms with E-state index in [2.05, 4.69) is 23.7 Å². The Morgan fingerprint density at radius 1 is 1.33 bits per heavy atom. The first-order valence-electron chi connectivity index (χ1n) is 6.49. The van der Waals surface area contributed by atoms with Gasteiger partial charge in [-0.25, -0.2) is 9.78 Å². The zero-order valence-electron chi connectivity index (χ0n) is 11.2. The van der Waals surface area contributed by atoms with Crippen molar-refractivity contribution < 1.29 is 9.90 Å². The topological polar surface area (TPSA) is 53.4 Å². The second-order valence-electron chi connectivity index (χ2n) is 5.20. The van der Waals surface area contributed by atoms with Gasteiger partial charge in [0.1, 0.15) is 5.82 Å². The summed E-state index contributed by atoms with van der Waals surface area (Å²) in [5.74, 6) is -0.0915. The fraction of sp³-hybridized carbons (Fsp3) is 0.571. The van der Waals surface area contributed by atoms with Crippen molar-refractivity contribution in [3.63, 3.8) is 0 Å². The van der Waals surface area contributed by atoms with Crippen molar-refractivity contribution in [2.75, 3.05) is 4.90 Å². The highest BCUT2D eigenvalue weighted by Gasteiger charge is 2.26. The van der Waals surface area contributed by atoms with Crippen LogP contribution in [0.5, 0.6) is 0 Å². The van der Waals surface area contributed by atoms with Crippen molar-refractivity contribution in [3.8, 4) is 0 Å². The molecule has 1 saturated heterocycles. The first-order chi connectivity index (χ1) is 8.49. The lowest BCUT2D eigenvalue weighted by Gasteiger charge is -2.40. The van der Waals surface area contributed by atoms with Crippen LogP contribution in [0.3, 0.4) is 0 Å². The highest BCUT2D eigenvalue weighted by Crippen LogP contribution is 2.28. The molecule has 1 aromatic rings. The van der Waals surface area contributed by atoms with Crippen LogP contribution in [0.15, 0.2) is 12.1 Å². The molecule has 1 fully saturated rings. The molecule has 0 amide bonds. The molecule has 1 aliphatic rings. The number of aromatic carboxylic acids is 1. The molecule has 18 heavy (non-hydrogen) atoms. The summed E-state index contributed by atoms with van der Waals surface area (Å²) in [6.07, 6.45) is 3.52. The molecule has 1 N–H and O–H groups in total. The smallest absolute Gasteiger partial charge is 0.335 e. The van der Waals surface area contributed by atoms with Crippen molar-refractivity contribution in [2.24, 2.45) is 0 Å². The molecule has 0 saturated carbocycles. The highest BCUT2D eigenvalue weighted by atomic mass is 16.4. The van der Waals surface area contributed by atoms with Gasteiger partial charge in [0.15, 0.2) is 0 Å². The number of carboxylic acids is 1. The SMILES string of the molecule is Cc1cc(C(=O)O)cc(N2[C@H](C)CCC[C@@H]2C)n1. The van der Waals surface area contributed by atoms with Crippen molar-refractivity contribution >= 4 is 11.8 Å². The predicted octanol–water partition coefficient (Wildman–Crippen LogP) is 2.86. The van der Waals surface area contributed by atoms with Crippen LogP contribution in [0.2, 0.25) is 0 Å². The number of rotatable bonds is 2. The number of hydrogen-bond acceptors (Lipinski definition) is 3. The van der Waals surface area contributed by atoms with Crippen LogP contribution in [0.25, 0.3) is 0 Å². The van der Waals surface area contributed by atoms with Crippen molar-refractivity contribution in [1.82, 2.24) is 4.98 Å². The summed E-state index contributed by atoms with van der Waals surface area (Å²) in [7, 11) is 0. The number of hydrogen-bond donors (Lipinski definition) is 1. The molecule has 0 aromatic carbocycles. The van der Waals surface area contributed by atoms with Gasteiger partial charge in [-0.1, -0.05) is 0 Å². The molecule has 4 heteroatoms. The quantitative estimate of drug-likeness (QED) is 0.874. The van der Waals surface area contributed by atoms with Gasteiger partial charge in [0, 0.05) is 17.8 Å². The maximum absolute atomic E-state index is 11.1. The summed E-state index contributed by atoms with van der Waals surface area (Å²) in [6.45, 7) is 6.20. The van der Waals surface area contributed by atoms with Gasteiger partial charge in [-0.3, -0.25) is 0 Å². The Balaban J connectivity index is 2.39. The van der Waals surface area contributed by atoms with Crippen LogP contribution < -0.4 is 4.90 Å².